The fraction of sp³-hybridized carbons (Fsp3) is 0.643. The number of fused-ring (bicyclic) bond motifs is 1. The molecule has 0 spiro atoms. The third-order valence-electron chi connectivity index (χ3n) is 3.38. The van der Waals surface area contributed by atoms with Gasteiger partial charge in [0.25, 0.3) is 0 Å². The van der Waals surface area contributed by atoms with Crippen LogP contribution in [0.5, 0.6) is 0 Å². The first kappa shape index (κ1) is 15.3. The molecule has 0 atom stereocenters. The lowest BCUT2D eigenvalue weighted by Crippen LogP contribution is -2.10. The van der Waals surface area contributed by atoms with Gasteiger partial charge in [-0.2, -0.15) is 5.10 Å². The SMILES string of the molecule is CCCc1nn(C)c2c1nc(N)n2CCCC(=O)OCC. The maximum absolute atomic E-state index is 11.4. The number of hydrogen-bond donors (Lipinski definition) is 1. The van der Waals surface area contributed by atoms with Crippen LogP contribution >= 0.6 is 0 Å². The molecule has 2 heterocycles. The summed E-state index contributed by atoms with van der Waals surface area (Å²) in [6.07, 6.45) is 2.95. The fourth-order valence-corrected chi connectivity index (χ4v) is 2.50. The first-order valence-corrected chi connectivity index (χ1v) is 7.41. The minimum Gasteiger partial charge on any atom is -0.466 e. The van der Waals surface area contributed by atoms with Gasteiger partial charge in [-0.3, -0.25) is 14.0 Å². The van der Waals surface area contributed by atoms with Crippen LogP contribution in [0.3, 0.4) is 0 Å². The number of rotatable bonds is 7. The van der Waals surface area contributed by atoms with Crippen molar-refractivity contribution in [3.8, 4) is 0 Å². The Balaban J connectivity index is 2.16. The number of nitrogens with two attached hydrogens (primary N) is 1. The first-order chi connectivity index (χ1) is 10.1. The molecule has 0 amide bonds. The molecule has 0 aliphatic carbocycles. The Bertz CT molecular complexity index is 629. The third kappa shape index (κ3) is 3.17. The number of ether oxygens (including phenoxy) is 1. The van der Waals surface area contributed by atoms with E-state index in [0.29, 0.717) is 31.9 Å². The highest BCUT2D eigenvalue weighted by Gasteiger charge is 2.17. The zero-order valence-corrected chi connectivity index (χ0v) is 12.9. The first-order valence-electron chi connectivity index (χ1n) is 7.41. The van der Waals surface area contributed by atoms with Crippen LogP contribution in [-0.4, -0.2) is 31.9 Å². The Kier molecular flexibility index (Phi) is 4.82. The van der Waals surface area contributed by atoms with Crippen molar-refractivity contribution in [2.45, 2.75) is 46.1 Å². The number of hydrogen-bond acceptors (Lipinski definition) is 5. The lowest BCUT2D eigenvalue weighted by atomic mass is 10.2. The summed E-state index contributed by atoms with van der Waals surface area (Å²) in [6.45, 7) is 4.96. The second-order valence-corrected chi connectivity index (χ2v) is 5.02. The summed E-state index contributed by atoms with van der Waals surface area (Å²) in [5, 5.41) is 4.50. The summed E-state index contributed by atoms with van der Waals surface area (Å²) in [6, 6.07) is 0. The van der Waals surface area contributed by atoms with Crippen LogP contribution in [0, 0.1) is 0 Å². The number of aromatic nitrogens is 4. The van der Waals surface area contributed by atoms with Gasteiger partial charge in [-0.25, -0.2) is 4.98 Å². The maximum Gasteiger partial charge on any atom is 0.305 e. The van der Waals surface area contributed by atoms with Gasteiger partial charge in [-0.05, 0) is 19.8 Å². The van der Waals surface area contributed by atoms with Crippen LogP contribution in [0.4, 0.5) is 5.95 Å². The molecule has 0 aliphatic heterocycles. The lowest BCUT2D eigenvalue weighted by molar-refractivity contribution is -0.143. The molecule has 0 saturated carbocycles. The Morgan fingerprint density at radius 1 is 1.38 bits per heavy atom. The van der Waals surface area contributed by atoms with Crippen LogP contribution in [0.2, 0.25) is 0 Å². The van der Waals surface area contributed by atoms with Crippen LogP contribution < -0.4 is 5.73 Å². The topological polar surface area (TPSA) is 88.0 Å². The zero-order chi connectivity index (χ0) is 15.4. The largest absolute Gasteiger partial charge is 0.466 e. The Morgan fingerprint density at radius 3 is 2.81 bits per heavy atom. The Hall–Kier alpha value is -2.05. The second-order valence-electron chi connectivity index (χ2n) is 5.02. The van der Waals surface area contributed by atoms with Crippen molar-refractivity contribution in [1.82, 2.24) is 19.3 Å². The molecule has 21 heavy (non-hydrogen) atoms. The van der Waals surface area contributed by atoms with Gasteiger partial charge in [-0.1, -0.05) is 13.3 Å². The Morgan fingerprint density at radius 2 is 2.14 bits per heavy atom. The molecule has 2 aromatic rings. The van der Waals surface area contributed by atoms with Crippen molar-refractivity contribution in [3.63, 3.8) is 0 Å². The van der Waals surface area contributed by atoms with E-state index in [1.807, 2.05) is 16.3 Å². The molecule has 0 aromatic carbocycles. The maximum atomic E-state index is 11.4. The molecule has 0 bridgehead atoms. The molecular weight excluding hydrogens is 270 g/mol. The van der Waals surface area contributed by atoms with Gasteiger partial charge in [-0.15, -0.1) is 0 Å². The molecular formula is C14H23N5O2. The van der Waals surface area contributed by atoms with E-state index in [0.717, 1.165) is 29.7 Å². The van der Waals surface area contributed by atoms with E-state index in [9.17, 15) is 4.79 Å². The lowest BCUT2D eigenvalue weighted by Gasteiger charge is -2.06. The summed E-state index contributed by atoms with van der Waals surface area (Å²) >= 11 is 0. The number of imidazole rings is 1. The molecule has 2 aromatic heterocycles. The minimum atomic E-state index is -0.177. The van der Waals surface area contributed by atoms with Crippen molar-refractivity contribution in [3.05, 3.63) is 5.69 Å². The van der Waals surface area contributed by atoms with E-state index in [4.69, 9.17) is 10.5 Å². The molecule has 7 heteroatoms. The zero-order valence-electron chi connectivity index (χ0n) is 12.9. The van der Waals surface area contributed by atoms with Crippen LogP contribution in [0.25, 0.3) is 11.2 Å². The van der Waals surface area contributed by atoms with Gasteiger partial charge in [0.05, 0.1) is 12.3 Å². The number of nitrogen functional groups attached to an aromatic ring is 1. The third-order valence-corrected chi connectivity index (χ3v) is 3.38. The van der Waals surface area contributed by atoms with Crippen molar-refractivity contribution in [1.29, 1.82) is 0 Å². The standard InChI is InChI=1S/C14H23N5O2/c1-4-7-10-12-13(18(3)17-10)19(14(15)16-12)9-6-8-11(20)21-5-2/h4-9H2,1-3H3,(H2,15,16). The highest BCUT2D eigenvalue weighted by atomic mass is 16.5. The van der Waals surface area contributed by atoms with Crippen LogP contribution in [0.15, 0.2) is 0 Å². The average molecular weight is 293 g/mol. The summed E-state index contributed by atoms with van der Waals surface area (Å²) in [4.78, 5) is 15.8. The predicted octanol–water partition coefficient (Wildman–Crippen LogP) is 1.65. The minimum absolute atomic E-state index is 0.177. The van der Waals surface area contributed by atoms with E-state index in [1.54, 1.807) is 6.92 Å². The van der Waals surface area contributed by atoms with Gasteiger partial charge in [0.15, 0.2) is 5.65 Å². The quantitative estimate of drug-likeness (QED) is 0.784. The number of carbonyl (C=O) groups excluding carboxylic acids is 1. The summed E-state index contributed by atoms with van der Waals surface area (Å²) < 4.78 is 8.66. The average Bonchev–Trinajstić information content (AvgIpc) is 2.90. The van der Waals surface area contributed by atoms with Crippen molar-refractivity contribution < 1.29 is 9.53 Å². The second kappa shape index (κ2) is 6.60. The summed E-state index contributed by atoms with van der Waals surface area (Å²) in [7, 11) is 1.89. The van der Waals surface area contributed by atoms with E-state index in [-0.39, 0.29) is 5.97 Å². The molecule has 0 radical (unpaired) electrons. The van der Waals surface area contributed by atoms with Crippen LogP contribution in [0.1, 0.15) is 38.8 Å². The smallest absolute Gasteiger partial charge is 0.305 e. The van der Waals surface area contributed by atoms with Gasteiger partial charge in [0, 0.05) is 20.0 Å². The number of esters is 1. The molecule has 0 saturated heterocycles. The predicted molar refractivity (Wildman–Crippen MR) is 80.8 cm³/mol. The van der Waals surface area contributed by atoms with Crippen molar-refractivity contribution in [2.24, 2.45) is 7.05 Å². The Labute approximate surface area is 124 Å². The van der Waals surface area contributed by atoms with E-state index in [1.165, 1.54) is 0 Å². The molecule has 0 aliphatic rings. The van der Waals surface area contributed by atoms with E-state index in [2.05, 4.69) is 17.0 Å². The number of nitrogens with zero attached hydrogens (tertiary/aromatic N) is 4. The molecule has 116 valence electrons. The van der Waals surface area contributed by atoms with E-state index >= 15 is 0 Å². The number of carbonyl (C=O) groups is 1. The summed E-state index contributed by atoms with van der Waals surface area (Å²) in [5.41, 5.74) is 8.76. The molecule has 7 nitrogen and oxygen atoms in total. The van der Waals surface area contributed by atoms with Gasteiger partial charge in [0.1, 0.15) is 5.52 Å². The number of aryl methyl sites for hydroxylation is 3. The van der Waals surface area contributed by atoms with E-state index < -0.39 is 0 Å². The van der Waals surface area contributed by atoms with Crippen molar-refractivity contribution in [2.75, 3.05) is 12.3 Å². The highest BCUT2D eigenvalue weighted by molar-refractivity contribution is 5.77. The van der Waals surface area contributed by atoms with Gasteiger partial charge < -0.3 is 10.5 Å². The fourth-order valence-electron chi connectivity index (χ4n) is 2.50. The molecule has 0 unspecified atom stereocenters. The normalized spacial score (nSPS) is 11.2. The molecule has 0 fully saturated rings. The summed E-state index contributed by atoms with van der Waals surface area (Å²) in [5.74, 6) is 0.295. The number of anilines is 1. The highest BCUT2D eigenvalue weighted by Crippen LogP contribution is 2.22. The van der Waals surface area contributed by atoms with Gasteiger partial charge in [0.2, 0.25) is 5.95 Å². The van der Waals surface area contributed by atoms with Gasteiger partial charge >= 0.3 is 5.97 Å². The van der Waals surface area contributed by atoms with Crippen molar-refractivity contribution >= 4 is 23.1 Å². The van der Waals surface area contributed by atoms with Crippen LogP contribution in [-0.2, 0) is 29.5 Å². The monoisotopic (exact) mass is 293 g/mol. The molecule has 2 rings (SSSR count). The molecule has 2 N–H and O–H groups in total.